The summed E-state index contributed by atoms with van der Waals surface area (Å²) < 4.78 is 4.09. The molecule has 0 spiro atoms. The van der Waals surface area contributed by atoms with E-state index in [4.69, 9.17) is 30.6 Å². The lowest BCUT2D eigenvalue weighted by Crippen LogP contribution is -2.24. The number of benzene rings is 2. The van der Waals surface area contributed by atoms with E-state index in [0.29, 0.717) is 46.6 Å². The van der Waals surface area contributed by atoms with Gasteiger partial charge >= 0.3 is 23.9 Å². The number of rotatable bonds is 22. The third-order valence-corrected chi connectivity index (χ3v) is 11.7. The van der Waals surface area contributed by atoms with Gasteiger partial charge in [-0.2, -0.15) is 10.2 Å². The number of ketones is 2. The number of carboxylic acid groups (broad SMARTS) is 4. The van der Waals surface area contributed by atoms with Gasteiger partial charge in [-0.3, -0.25) is 28.9 Å². The molecular formula is C51H59N11O10. The Morgan fingerprint density at radius 3 is 1.25 bits per heavy atom. The number of hydrogen-bond acceptors (Lipinski definition) is 15. The molecule has 2 aliphatic rings. The molecule has 21 nitrogen and oxygen atoms in total. The minimum absolute atomic E-state index is 0.0155. The van der Waals surface area contributed by atoms with Crippen LogP contribution in [0.3, 0.4) is 0 Å². The number of nitrogens with zero attached hydrogens (tertiary/aromatic N) is 9. The van der Waals surface area contributed by atoms with Crippen molar-refractivity contribution in [3.8, 4) is 22.5 Å². The molecule has 4 heterocycles. The van der Waals surface area contributed by atoms with E-state index in [1.165, 1.54) is 0 Å². The molecule has 2 aromatic carbocycles. The highest BCUT2D eigenvalue weighted by molar-refractivity contribution is 6.28. The molecule has 0 aliphatic heterocycles. The molecule has 21 heteroatoms. The fourth-order valence-corrected chi connectivity index (χ4v) is 8.47. The lowest BCUT2D eigenvalue weighted by Gasteiger charge is -2.20. The van der Waals surface area contributed by atoms with Crippen LogP contribution in [0.1, 0.15) is 57.5 Å². The van der Waals surface area contributed by atoms with E-state index in [1.807, 2.05) is 21.5 Å². The molecule has 72 heavy (non-hydrogen) atoms. The lowest BCUT2D eigenvalue weighted by molar-refractivity contribution is -0.134. The highest BCUT2D eigenvalue weighted by Crippen LogP contribution is 2.43. The molecule has 0 bridgehead atoms. The van der Waals surface area contributed by atoms with Crippen molar-refractivity contribution >= 4 is 68.6 Å². The Kier molecular flexibility index (Phi) is 18.2. The summed E-state index contributed by atoms with van der Waals surface area (Å²) in [7, 11) is 10.4. The van der Waals surface area contributed by atoms with Crippen LogP contribution in [0, 0.1) is 0 Å². The molecule has 0 amide bonds. The standard InChI is InChI=1S/C43H51N11O2.2C4H4O4/c1-50(2)20-8-24-53-34-12-10-32(36-38(34)40(48-53)30-26-44-18-14-28(30)42(36)55)46-16-6-22-52(5)23-7-17-47-33-11-13-35-39-37(33)43(56)29-15-19-45-27-31(29)41(39)49-54(35)25-9-21-51(3)4;2*5-3(6)1-2-4(7)8/h10-15,18-19,26-27,46-47H,6-9,16-17,20-25H2,1-5H3;2*1-2H,(H,5,6)(H,7,8)/b;2*2-1-. The van der Waals surface area contributed by atoms with Crippen molar-refractivity contribution < 1.29 is 49.2 Å². The Morgan fingerprint density at radius 2 is 0.903 bits per heavy atom. The minimum Gasteiger partial charge on any atom is -0.478 e. The van der Waals surface area contributed by atoms with Gasteiger partial charge in [0.2, 0.25) is 0 Å². The first-order valence-corrected chi connectivity index (χ1v) is 23.3. The van der Waals surface area contributed by atoms with E-state index in [-0.39, 0.29) is 11.6 Å². The van der Waals surface area contributed by atoms with Gasteiger partial charge in [-0.05, 0) is 123 Å². The molecular weight excluding hydrogens is 927 g/mol. The van der Waals surface area contributed by atoms with E-state index in [9.17, 15) is 28.8 Å². The summed E-state index contributed by atoms with van der Waals surface area (Å²) in [6.07, 6.45) is 12.9. The summed E-state index contributed by atoms with van der Waals surface area (Å²) >= 11 is 0. The number of aromatic nitrogens is 6. The topological polar surface area (TPSA) is 279 Å². The van der Waals surface area contributed by atoms with E-state index in [2.05, 4.69) is 82.7 Å². The molecule has 0 radical (unpaired) electrons. The first-order chi connectivity index (χ1) is 34.5. The van der Waals surface area contributed by atoms with Crippen LogP contribution in [0.4, 0.5) is 11.4 Å². The first kappa shape index (κ1) is 53.2. The number of carbonyl (C=O) groups is 6. The van der Waals surface area contributed by atoms with Gasteiger partial charge in [0.05, 0.1) is 22.2 Å². The van der Waals surface area contributed by atoms with E-state index < -0.39 is 23.9 Å². The lowest BCUT2D eigenvalue weighted by atomic mass is 9.87. The zero-order valence-electron chi connectivity index (χ0n) is 40.8. The van der Waals surface area contributed by atoms with Gasteiger partial charge in [0.1, 0.15) is 11.4 Å². The SMILES string of the molecule is CN(C)CCCn1nc2c3c(c(NCCCN(C)CCCNc4ccc5c6c(nn5CCCN(C)C)-c5cnccc5C(=O)c46)ccc31)C(=O)c1ccncc1-2.O=C(O)/C=C\C(=O)O.O=C(O)/C=C\C(=O)O. The van der Waals surface area contributed by atoms with Gasteiger partial charge in [0.25, 0.3) is 0 Å². The molecule has 0 atom stereocenters. The highest BCUT2D eigenvalue weighted by Gasteiger charge is 2.33. The van der Waals surface area contributed by atoms with Gasteiger partial charge in [-0.25, -0.2) is 19.2 Å². The minimum atomic E-state index is -1.26. The Hall–Kier alpha value is -8.14. The summed E-state index contributed by atoms with van der Waals surface area (Å²) in [6.45, 7) is 6.74. The number of nitrogens with one attached hydrogen (secondary N) is 2. The van der Waals surface area contributed by atoms with Crippen molar-refractivity contribution in [3.05, 3.63) is 108 Å². The second-order valence-corrected chi connectivity index (χ2v) is 17.6. The smallest absolute Gasteiger partial charge is 0.328 e. The molecule has 6 N–H and O–H groups in total. The van der Waals surface area contributed by atoms with Gasteiger partial charge in [0, 0.05) is 120 Å². The summed E-state index contributed by atoms with van der Waals surface area (Å²) in [5, 5.41) is 50.3. The molecule has 4 aromatic heterocycles. The largest absolute Gasteiger partial charge is 0.478 e. The maximum absolute atomic E-state index is 13.9. The highest BCUT2D eigenvalue weighted by atomic mass is 16.4. The third kappa shape index (κ3) is 13.2. The second-order valence-electron chi connectivity index (χ2n) is 17.6. The average molecular weight is 986 g/mol. The number of anilines is 2. The number of carbonyl (C=O) groups excluding carboxylic acids is 2. The molecule has 0 saturated heterocycles. The molecule has 8 rings (SSSR count). The number of pyridine rings is 2. The monoisotopic (exact) mass is 985 g/mol. The van der Waals surface area contributed by atoms with Crippen LogP contribution < -0.4 is 10.6 Å². The maximum atomic E-state index is 13.9. The predicted octanol–water partition coefficient (Wildman–Crippen LogP) is 5.16. The van der Waals surface area contributed by atoms with Crippen LogP contribution in [0.25, 0.3) is 44.3 Å². The molecule has 0 saturated carbocycles. The summed E-state index contributed by atoms with van der Waals surface area (Å²) in [6, 6.07) is 11.9. The van der Waals surface area contributed by atoms with Gasteiger partial charge in [-0.15, -0.1) is 0 Å². The fraction of sp³-hybridized carbons (Fsp3) is 0.333. The van der Waals surface area contributed by atoms with Crippen LogP contribution in [-0.4, -0.2) is 175 Å². The van der Waals surface area contributed by atoms with Gasteiger partial charge < -0.3 is 45.8 Å². The summed E-state index contributed by atoms with van der Waals surface area (Å²) in [5.41, 5.74) is 9.64. The van der Waals surface area contributed by atoms with E-state index in [0.717, 1.165) is 134 Å². The number of hydrogen-bond donors (Lipinski definition) is 6. The molecule has 0 fully saturated rings. The zero-order chi connectivity index (χ0) is 52.1. The molecule has 2 aliphatic carbocycles. The Bertz CT molecular complexity index is 2810. The Labute approximate surface area is 415 Å². The quantitative estimate of drug-likeness (QED) is 0.0378. The van der Waals surface area contributed by atoms with E-state index >= 15 is 0 Å². The van der Waals surface area contributed by atoms with Gasteiger partial charge in [0.15, 0.2) is 11.6 Å². The number of aryl methyl sites for hydroxylation is 2. The zero-order valence-corrected chi connectivity index (χ0v) is 40.8. The van der Waals surface area contributed by atoms with Gasteiger partial charge in [-0.1, -0.05) is 0 Å². The average Bonchev–Trinajstić information content (AvgIpc) is 3.90. The van der Waals surface area contributed by atoms with Crippen molar-refractivity contribution in [1.82, 2.24) is 44.2 Å². The van der Waals surface area contributed by atoms with Crippen molar-refractivity contribution in [2.75, 3.05) is 85.1 Å². The Morgan fingerprint density at radius 1 is 0.528 bits per heavy atom. The first-order valence-electron chi connectivity index (χ1n) is 23.3. The van der Waals surface area contributed by atoms with Crippen molar-refractivity contribution in [3.63, 3.8) is 0 Å². The summed E-state index contributed by atoms with van der Waals surface area (Å²) in [5.74, 6) is -5.00. The van der Waals surface area contributed by atoms with Crippen LogP contribution in [0.2, 0.25) is 0 Å². The van der Waals surface area contributed by atoms with Crippen molar-refractivity contribution in [2.45, 2.75) is 38.8 Å². The number of fused-ring (bicyclic) bond motifs is 4. The third-order valence-electron chi connectivity index (χ3n) is 11.7. The van der Waals surface area contributed by atoms with Crippen LogP contribution in [0.15, 0.2) is 85.5 Å². The van der Waals surface area contributed by atoms with Crippen molar-refractivity contribution in [1.29, 1.82) is 0 Å². The molecule has 378 valence electrons. The predicted molar refractivity (Wildman–Crippen MR) is 272 cm³/mol. The van der Waals surface area contributed by atoms with Crippen LogP contribution in [0.5, 0.6) is 0 Å². The maximum Gasteiger partial charge on any atom is 0.328 e. The molecule has 6 aromatic rings. The van der Waals surface area contributed by atoms with Crippen LogP contribution in [-0.2, 0) is 32.3 Å². The summed E-state index contributed by atoms with van der Waals surface area (Å²) in [4.78, 5) is 81.4. The number of carboxylic acids is 4. The van der Waals surface area contributed by atoms with Crippen molar-refractivity contribution in [2.24, 2.45) is 0 Å². The van der Waals surface area contributed by atoms with Crippen LogP contribution >= 0.6 is 0 Å². The second kappa shape index (κ2) is 24.6. The number of aliphatic carboxylic acids is 4. The molecule has 0 unspecified atom stereocenters. The fourth-order valence-electron chi connectivity index (χ4n) is 8.47. The normalized spacial score (nSPS) is 12.3. The van der Waals surface area contributed by atoms with E-state index in [1.54, 1.807) is 36.9 Å². The Balaban J connectivity index is 0.000000457.